The summed E-state index contributed by atoms with van der Waals surface area (Å²) in [6.07, 6.45) is 6.89. The molecule has 1 aliphatic heterocycles. The van der Waals surface area contributed by atoms with Gasteiger partial charge in [0.1, 0.15) is 0 Å². The molecule has 1 N–H and O–H groups in total. The van der Waals surface area contributed by atoms with E-state index in [0.717, 1.165) is 25.9 Å². The predicted molar refractivity (Wildman–Crippen MR) is 68.4 cm³/mol. The first-order valence-electron chi connectivity index (χ1n) is 6.55. The summed E-state index contributed by atoms with van der Waals surface area (Å²) in [6.45, 7) is 3.96. The van der Waals surface area contributed by atoms with Gasteiger partial charge in [-0.15, -0.1) is 0 Å². The van der Waals surface area contributed by atoms with Gasteiger partial charge in [-0.25, -0.2) is 8.42 Å². The predicted octanol–water partition coefficient (Wildman–Crippen LogP) is 1.98. The zero-order valence-corrected chi connectivity index (χ0v) is 11.2. The van der Waals surface area contributed by atoms with E-state index in [1.807, 2.05) is 0 Å². The smallest absolute Gasteiger partial charge is 0.150 e. The van der Waals surface area contributed by atoms with Gasteiger partial charge in [-0.05, 0) is 12.3 Å². The highest BCUT2D eigenvalue weighted by atomic mass is 32.2. The molecular formula is C12H25NO2S. The van der Waals surface area contributed by atoms with Crippen LogP contribution in [0.4, 0.5) is 0 Å². The molecule has 0 bridgehead atoms. The average molecular weight is 247 g/mol. The zero-order valence-electron chi connectivity index (χ0n) is 10.4. The number of nitrogens with one attached hydrogen (secondary N) is 1. The van der Waals surface area contributed by atoms with Crippen LogP contribution in [0.2, 0.25) is 0 Å². The molecule has 0 atom stereocenters. The Balaban J connectivity index is 2.01. The Bertz CT molecular complexity index is 271. The van der Waals surface area contributed by atoms with Crippen molar-refractivity contribution in [1.82, 2.24) is 5.32 Å². The Morgan fingerprint density at radius 3 is 2.25 bits per heavy atom. The molecule has 0 saturated carbocycles. The summed E-state index contributed by atoms with van der Waals surface area (Å²) in [5.41, 5.74) is 0. The Labute approximate surface area is 99.9 Å². The van der Waals surface area contributed by atoms with Crippen molar-refractivity contribution in [3.05, 3.63) is 0 Å². The average Bonchev–Trinajstić information content (AvgIpc) is 2.18. The lowest BCUT2D eigenvalue weighted by Crippen LogP contribution is -2.45. The highest BCUT2D eigenvalue weighted by molar-refractivity contribution is 7.91. The van der Waals surface area contributed by atoms with Crippen molar-refractivity contribution in [2.24, 2.45) is 5.92 Å². The fraction of sp³-hybridized carbons (Fsp3) is 1.00. The van der Waals surface area contributed by atoms with E-state index in [0.29, 0.717) is 17.4 Å². The van der Waals surface area contributed by atoms with E-state index >= 15 is 0 Å². The van der Waals surface area contributed by atoms with Crippen LogP contribution in [-0.2, 0) is 9.84 Å². The highest BCUT2D eigenvalue weighted by Crippen LogP contribution is 2.11. The maximum atomic E-state index is 11.7. The molecule has 16 heavy (non-hydrogen) atoms. The summed E-state index contributed by atoms with van der Waals surface area (Å²) < 4.78 is 23.4. The summed E-state index contributed by atoms with van der Waals surface area (Å²) >= 11 is 0. The molecule has 0 amide bonds. The van der Waals surface area contributed by atoms with E-state index in [1.54, 1.807) is 0 Å². The van der Waals surface area contributed by atoms with E-state index in [4.69, 9.17) is 0 Å². The number of sulfone groups is 1. The molecule has 3 nitrogen and oxygen atoms in total. The first-order chi connectivity index (χ1) is 7.64. The quantitative estimate of drug-likeness (QED) is 0.634. The lowest BCUT2D eigenvalue weighted by atomic mass is 10.1. The molecule has 1 fully saturated rings. The third kappa shape index (κ3) is 5.85. The Morgan fingerprint density at radius 1 is 1.06 bits per heavy atom. The summed E-state index contributed by atoms with van der Waals surface area (Å²) in [6, 6.07) is 0. The Morgan fingerprint density at radius 2 is 1.69 bits per heavy atom. The lowest BCUT2D eigenvalue weighted by molar-refractivity contribution is 0.378. The second-order valence-corrected chi connectivity index (χ2v) is 7.14. The molecule has 4 heteroatoms. The van der Waals surface area contributed by atoms with E-state index in [1.165, 1.54) is 25.7 Å². The third-order valence-corrected chi connectivity index (χ3v) is 5.05. The maximum Gasteiger partial charge on any atom is 0.150 e. The minimum Gasteiger partial charge on any atom is -0.316 e. The first-order valence-corrected chi connectivity index (χ1v) is 8.37. The molecule has 0 aromatic rings. The lowest BCUT2D eigenvalue weighted by Gasteiger charge is -2.26. The van der Waals surface area contributed by atoms with Gasteiger partial charge in [0.2, 0.25) is 0 Å². The van der Waals surface area contributed by atoms with Crippen LogP contribution in [0.25, 0.3) is 0 Å². The largest absolute Gasteiger partial charge is 0.316 e. The summed E-state index contributed by atoms with van der Waals surface area (Å²) in [7, 11) is -2.77. The normalized spacial score (nSPS) is 17.3. The van der Waals surface area contributed by atoms with Crippen molar-refractivity contribution in [3.8, 4) is 0 Å². The molecule has 0 aromatic carbocycles. The first kappa shape index (κ1) is 14.0. The molecule has 0 radical (unpaired) electrons. The topological polar surface area (TPSA) is 46.2 Å². The van der Waals surface area contributed by atoms with Crippen molar-refractivity contribution in [2.75, 3.05) is 24.6 Å². The molecule has 96 valence electrons. The molecule has 0 aliphatic carbocycles. The van der Waals surface area contributed by atoms with Gasteiger partial charge in [-0.2, -0.15) is 0 Å². The molecule has 1 aliphatic rings. The Kier molecular flexibility index (Phi) is 6.36. The van der Waals surface area contributed by atoms with Crippen LogP contribution < -0.4 is 5.32 Å². The standard InChI is InChI=1S/C12H25NO2S/c1-2-3-4-5-6-7-8-16(14,15)11-12-9-13-10-12/h12-13H,2-11H2,1H3. The van der Waals surface area contributed by atoms with Crippen LogP contribution in [0.3, 0.4) is 0 Å². The van der Waals surface area contributed by atoms with Crippen molar-refractivity contribution in [1.29, 1.82) is 0 Å². The second-order valence-electron chi connectivity index (χ2n) is 4.91. The molecule has 1 saturated heterocycles. The van der Waals surface area contributed by atoms with Crippen molar-refractivity contribution < 1.29 is 8.42 Å². The van der Waals surface area contributed by atoms with E-state index in [9.17, 15) is 8.42 Å². The van der Waals surface area contributed by atoms with Crippen LogP contribution in [-0.4, -0.2) is 33.0 Å². The van der Waals surface area contributed by atoms with Gasteiger partial charge in [0, 0.05) is 13.1 Å². The maximum absolute atomic E-state index is 11.7. The number of rotatable bonds is 9. The molecule has 0 aromatic heterocycles. The summed E-state index contributed by atoms with van der Waals surface area (Å²) in [5, 5.41) is 3.11. The molecule has 1 rings (SSSR count). The highest BCUT2D eigenvalue weighted by Gasteiger charge is 2.23. The van der Waals surface area contributed by atoms with Gasteiger partial charge in [-0.3, -0.25) is 0 Å². The second kappa shape index (κ2) is 7.28. The van der Waals surface area contributed by atoms with E-state index in [2.05, 4.69) is 12.2 Å². The van der Waals surface area contributed by atoms with Gasteiger partial charge in [0.15, 0.2) is 9.84 Å². The fourth-order valence-electron chi connectivity index (χ4n) is 2.01. The minimum atomic E-state index is -2.77. The van der Waals surface area contributed by atoms with Gasteiger partial charge in [-0.1, -0.05) is 39.0 Å². The summed E-state index contributed by atoms with van der Waals surface area (Å²) in [4.78, 5) is 0. The minimum absolute atomic E-state index is 0.380. The SMILES string of the molecule is CCCCCCCCS(=O)(=O)CC1CNC1. The van der Waals surface area contributed by atoms with Crippen molar-refractivity contribution in [3.63, 3.8) is 0 Å². The zero-order chi connectivity index (χ0) is 11.9. The summed E-state index contributed by atoms with van der Waals surface area (Å²) in [5.74, 6) is 1.18. The molecule has 1 heterocycles. The Hall–Kier alpha value is -0.0900. The van der Waals surface area contributed by atoms with E-state index < -0.39 is 9.84 Å². The number of hydrogen-bond donors (Lipinski definition) is 1. The van der Waals surface area contributed by atoms with Crippen molar-refractivity contribution >= 4 is 9.84 Å². The van der Waals surface area contributed by atoms with E-state index in [-0.39, 0.29) is 0 Å². The third-order valence-electron chi connectivity index (χ3n) is 3.16. The van der Waals surface area contributed by atoms with Crippen LogP contribution in [0.15, 0.2) is 0 Å². The van der Waals surface area contributed by atoms with Crippen LogP contribution in [0.5, 0.6) is 0 Å². The number of unbranched alkanes of at least 4 members (excludes halogenated alkanes) is 5. The van der Waals surface area contributed by atoms with Gasteiger partial charge in [0.25, 0.3) is 0 Å². The monoisotopic (exact) mass is 247 g/mol. The van der Waals surface area contributed by atoms with Crippen LogP contribution >= 0.6 is 0 Å². The van der Waals surface area contributed by atoms with Crippen LogP contribution in [0, 0.1) is 5.92 Å². The van der Waals surface area contributed by atoms with Gasteiger partial charge in [0.05, 0.1) is 11.5 Å². The fourth-order valence-corrected chi connectivity index (χ4v) is 3.78. The van der Waals surface area contributed by atoms with Crippen LogP contribution in [0.1, 0.15) is 45.4 Å². The van der Waals surface area contributed by atoms with Gasteiger partial charge < -0.3 is 5.32 Å². The number of hydrogen-bond acceptors (Lipinski definition) is 3. The molecular weight excluding hydrogens is 222 g/mol. The van der Waals surface area contributed by atoms with Crippen molar-refractivity contribution in [2.45, 2.75) is 45.4 Å². The molecule has 0 unspecified atom stereocenters. The molecule has 0 spiro atoms. The van der Waals surface area contributed by atoms with Gasteiger partial charge >= 0.3 is 0 Å².